The number of hydrogen-bond donors (Lipinski definition) is 17. The number of benzene rings is 3. The van der Waals surface area contributed by atoms with Gasteiger partial charge in [0.1, 0.15) is 66.5 Å². The maximum Gasteiger partial charge on any atom is 0.267 e. The van der Waals surface area contributed by atoms with E-state index in [1.165, 1.54) is 45.5 Å². The van der Waals surface area contributed by atoms with Crippen molar-refractivity contribution in [2.75, 3.05) is 65.4 Å². The van der Waals surface area contributed by atoms with E-state index in [4.69, 9.17) is 22.6 Å². The zero-order valence-corrected chi connectivity index (χ0v) is 78.6. The van der Waals surface area contributed by atoms with Gasteiger partial charge in [0.15, 0.2) is 17.5 Å². The van der Waals surface area contributed by atoms with Crippen LogP contribution in [0.15, 0.2) is 104 Å². The van der Waals surface area contributed by atoms with E-state index >= 15 is 47.1 Å². The van der Waals surface area contributed by atoms with Crippen LogP contribution >= 0.6 is 11.8 Å². The average Bonchev–Trinajstić information content (AvgIpc) is 1.62. The van der Waals surface area contributed by atoms with Crippen LogP contribution in [0.25, 0.3) is 21.8 Å². The van der Waals surface area contributed by atoms with Gasteiger partial charge in [0.25, 0.3) is 5.92 Å². The molecule has 0 saturated carbocycles. The van der Waals surface area contributed by atoms with Crippen LogP contribution in [0, 0.1) is 23.2 Å². The molecular formula is C93H128F2N22O18S. The lowest BCUT2D eigenvalue weighted by Crippen LogP contribution is -2.60. The van der Waals surface area contributed by atoms with Crippen LogP contribution in [0.1, 0.15) is 153 Å². The minimum absolute atomic E-state index is 0.000304. The highest BCUT2D eigenvalue weighted by atomic mass is 32.2. The number of Topliss-reactive ketones (excluding diaryl/α,β-unsaturated/α-hetero) is 2. The Hall–Kier alpha value is -13.2. The number of aromatic amines is 3. The number of ketones is 2. The molecule has 3 fully saturated rings. The van der Waals surface area contributed by atoms with Crippen LogP contribution in [0.4, 0.5) is 8.78 Å². The predicted octanol–water partition coefficient (Wildman–Crippen LogP) is 0.821. The van der Waals surface area contributed by atoms with Crippen molar-refractivity contribution in [3.8, 4) is 0 Å². The number of likely N-dealkylation sites (N-methyl/N-ethyl adjacent to an activating group) is 3. The van der Waals surface area contributed by atoms with Gasteiger partial charge in [-0.25, -0.2) is 13.8 Å². The second-order valence-electron chi connectivity index (χ2n) is 35.6. The van der Waals surface area contributed by atoms with Gasteiger partial charge in [0.05, 0.1) is 44.2 Å². The lowest BCUT2D eigenvalue weighted by molar-refractivity contribution is -0.150. The molecule has 6 heterocycles. The quantitative estimate of drug-likeness (QED) is 0.0203. The molecule has 0 spiro atoms. The number of guanidine groups is 1. The molecule has 0 radical (unpaired) electrons. The Kier molecular flexibility index (Phi) is 39.4. The lowest BCUT2D eigenvalue weighted by atomic mass is 9.88. The number of alkyl halides is 2. The largest absolute Gasteiger partial charge is 0.394 e. The normalized spacial score (nSPS) is 24.6. The molecule has 15 amide bonds. The summed E-state index contributed by atoms with van der Waals surface area (Å²) in [7, 11) is 3.95. The van der Waals surface area contributed by atoms with E-state index in [2.05, 4.69) is 67.8 Å². The zero-order chi connectivity index (χ0) is 99.4. The van der Waals surface area contributed by atoms with Gasteiger partial charge in [-0.3, -0.25) is 86.9 Å². The van der Waals surface area contributed by atoms with E-state index in [-0.39, 0.29) is 89.4 Å². The van der Waals surface area contributed by atoms with E-state index in [9.17, 15) is 48.3 Å². The van der Waals surface area contributed by atoms with E-state index < -0.39 is 259 Å². The van der Waals surface area contributed by atoms with Crippen LogP contribution in [-0.2, 0) is 107 Å². The van der Waals surface area contributed by atoms with Crippen molar-refractivity contribution in [2.24, 2.45) is 35.0 Å². The van der Waals surface area contributed by atoms with Gasteiger partial charge in [-0.2, -0.15) is 0 Å². The van der Waals surface area contributed by atoms with Gasteiger partial charge in [-0.15, -0.1) is 11.8 Å². The first-order valence-electron chi connectivity index (χ1n) is 45.9. The molecule has 3 aliphatic rings. The molecule has 1 unspecified atom stereocenters. The summed E-state index contributed by atoms with van der Waals surface area (Å²) in [5, 5.41) is 43.9. The van der Waals surface area contributed by atoms with Crippen molar-refractivity contribution < 1.29 is 95.4 Å². The molecular weight excluding hydrogens is 1780 g/mol. The maximum absolute atomic E-state index is 16.4. The van der Waals surface area contributed by atoms with Gasteiger partial charge in [-0.05, 0) is 99.5 Å². The number of nitrogens with zero attached hydrogens (tertiary/aromatic N) is 6. The second-order valence-corrected chi connectivity index (χ2v) is 36.6. The summed E-state index contributed by atoms with van der Waals surface area (Å²) >= 11 is 0.784. The van der Waals surface area contributed by atoms with Crippen LogP contribution < -0.4 is 65.1 Å². The predicted molar refractivity (Wildman–Crippen MR) is 499 cm³/mol. The Labute approximate surface area is 790 Å². The Morgan fingerprint density at radius 2 is 1.15 bits per heavy atom. The molecule has 0 bridgehead atoms. The van der Waals surface area contributed by atoms with E-state index in [0.29, 0.717) is 69.1 Å². The number of aromatic nitrogens is 4. The molecule has 3 aromatic heterocycles. The summed E-state index contributed by atoms with van der Waals surface area (Å²) in [6.45, 7) is 5.02. The smallest absolute Gasteiger partial charge is 0.267 e. The molecule has 20 N–H and O–H groups in total. The number of aliphatic hydroxyl groups excluding tert-OH is 1. The SMILES string of the molecule is CCCC[C@H]1C(=O)N(C)[C@@H](CCCC)C(=O)N[C@@H](CCCNC(=N)N)C(=O)NC(C(=O)NCC(N)=O)CSCC(=O)N[C@@H](Cc2ccccc2)C(=O)N(C)[C@@H](C)C(=O)N[C@@H](CC(N)=O)C(=O)N2CCC[C@H]2C(=O)N[C@@H](Cc2cnc[nH]2)C(=O)N[C@@H](CC(C)C)C(=O)N2CC(F)(F)C[C@H]2C(=O)C[C@@H](Cc2c[nH]c3ccccc23)C(=O)N[C@@H](CO)C(=O)C[C@@H](Cc2c[nH]c3ccccc23)C(=O)N1C. The summed E-state index contributed by atoms with van der Waals surface area (Å²) in [4.78, 5) is 269. The molecule has 14 atom stereocenters. The molecule has 6 aromatic rings. The third kappa shape index (κ3) is 29.6. The molecule has 43 heteroatoms. The van der Waals surface area contributed by atoms with E-state index in [1.807, 2.05) is 13.8 Å². The summed E-state index contributed by atoms with van der Waals surface area (Å²) in [5.74, 6) is -24.7. The maximum atomic E-state index is 16.4. The minimum atomic E-state index is -3.75. The van der Waals surface area contributed by atoms with Crippen molar-refractivity contribution in [3.05, 3.63) is 126 Å². The number of nitrogens with two attached hydrogens (primary N) is 3. The first kappa shape index (κ1) is 106. The Balaban J connectivity index is 1.11. The number of H-pyrrole nitrogens is 3. The molecule has 9 rings (SSSR count). The Morgan fingerprint density at radius 1 is 0.574 bits per heavy atom. The number of para-hydroxylation sites is 2. The first-order chi connectivity index (χ1) is 64.7. The number of unbranched alkanes of at least 4 members (excludes halogenated alkanes) is 2. The molecule has 3 saturated heterocycles. The molecule has 136 heavy (non-hydrogen) atoms. The standard InChI is InChI=1S/C93H128F2N22O18S/c1-9-11-29-71-85(129)107-64(28-20-32-101-92(98)99)83(127)112-70(82(126)104-46-78(97)122)48-136-49-79(123)106-67(35-54-22-14-13-15-23-54)88(132)113(6)53(5)80(124)109-68(41-77(96)121)89(133)116-33-21-31-72(116)86(130)108-65(40-59-45-100-51-105-59)84(128)110-66(34-52(3)4)90(134)117-50-93(94,95)42-74(117)76(120)38-55(36-57-43-102-62-26-18-16-24-60(57)62)81(125)111-69(47-118)75(119)39-56(37-58-44-103-63-27-19-17-25-61(58)63)87(131)115(8)73(30-12-10-2)91(135)114(71)7/h13-19,22-27,43-45,51-53,55-56,64-74,102-103,118H,9-12,20-21,28-42,46-50H2,1-8H3,(H2,96,121)(H2,97,122)(H,100,105)(H,104,126)(H,106,123)(H,107,129)(H,108,130)(H,109,124)(H,110,128)(H,111,125)(H,112,127)(H4,98,99,101)/t53-,55+,56+,64-,65-,66-,67-,68-,69-,70?,71-,72-,73-,74-/m0/s1. The van der Waals surface area contributed by atoms with Crippen LogP contribution in [-0.4, -0.2) is 300 Å². The number of hydrogen-bond acceptors (Lipinski definition) is 21. The van der Waals surface area contributed by atoms with Crippen molar-refractivity contribution in [2.45, 2.75) is 235 Å². The van der Waals surface area contributed by atoms with Crippen molar-refractivity contribution in [1.82, 2.24) is 92.3 Å². The molecule has 0 aliphatic carbocycles. The fourth-order valence-corrected chi connectivity index (χ4v) is 18.2. The molecule has 3 aromatic carbocycles. The topological polar surface area (TPSA) is 597 Å². The highest BCUT2D eigenvalue weighted by Gasteiger charge is 2.52. The number of thioether (sulfide) groups is 1. The van der Waals surface area contributed by atoms with Gasteiger partial charge in [-0.1, -0.05) is 120 Å². The number of carbonyl (C=O) groups excluding carboxylic acids is 17. The van der Waals surface area contributed by atoms with Gasteiger partial charge >= 0.3 is 0 Å². The third-order valence-electron chi connectivity index (χ3n) is 24.8. The summed E-state index contributed by atoms with van der Waals surface area (Å²) in [6.07, 6.45) is 2.50. The first-order valence-corrected chi connectivity index (χ1v) is 47.0. The van der Waals surface area contributed by atoms with Gasteiger partial charge in [0, 0.05) is 130 Å². The minimum Gasteiger partial charge on any atom is -0.394 e. The fourth-order valence-electron chi connectivity index (χ4n) is 17.3. The van der Waals surface area contributed by atoms with E-state index in [0.717, 1.165) is 26.5 Å². The van der Waals surface area contributed by atoms with Crippen molar-refractivity contribution in [3.63, 3.8) is 0 Å². The number of amides is 15. The highest BCUT2D eigenvalue weighted by molar-refractivity contribution is 8.00. The fraction of sp³-hybridized carbons (Fsp3) is 0.538. The molecule has 40 nitrogen and oxygen atoms in total. The average molecular weight is 1910 g/mol. The van der Waals surface area contributed by atoms with Crippen LogP contribution in [0.2, 0.25) is 0 Å². The highest BCUT2D eigenvalue weighted by Crippen LogP contribution is 2.36. The van der Waals surface area contributed by atoms with Crippen LogP contribution in [0.3, 0.4) is 0 Å². The second kappa shape index (κ2) is 50.4. The zero-order valence-electron chi connectivity index (χ0n) is 77.8. The Morgan fingerprint density at radius 3 is 1.76 bits per heavy atom. The number of rotatable bonds is 26. The number of fused-ring (bicyclic) bond motifs is 4. The number of primary amides is 2. The molecule has 3 aliphatic heterocycles. The number of aliphatic hydroxyl groups is 1. The van der Waals surface area contributed by atoms with Gasteiger partial charge in [0.2, 0.25) is 88.6 Å². The lowest BCUT2D eigenvalue weighted by Gasteiger charge is -2.36. The summed E-state index contributed by atoms with van der Waals surface area (Å²) in [6, 6.07) is 3.24. The number of carbonyl (C=O) groups is 17. The number of halogens is 2. The third-order valence-corrected chi connectivity index (χ3v) is 25.8. The number of imidazole rings is 1. The van der Waals surface area contributed by atoms with Crippen LogP contribution in [0.5, 0.6) is 0 Å². The molecule has 738 valence electrons. The van der Waals surface area contributed by atoms with Crippen molar-refractivity contribution >= 4 is 140 Å². The Bertz CT molecular complexity index is 5250. The number of nitrogens with one attached hydrogen (secondary N) is 13. The van der Waals surface area contributed by atoms with Crippen molar-refractivity contribution in [1.29, 1.82) is 5.41 Å². The summed E-state index contributed by atoms with van der Waals surface area (Å²) < 4.78 is 32.8. The van der Waals surface area contributed by atoms with Gasteiger partial charge < -0.3 is 110 Å². The van der Waals surface area contributed by atoms with E-state index in [1.54, 1.807) is 105 Å². The monoisotopic (exact) mass is 1910 g/mol. The summed E-state index contributed by atoms with van der Waals surface area (Å²) in [5.41, 5.74) is 19.9.